The zero-order valence-corrected chi connectivity index (χ0v) is 13.6. The molecule has 5 nitrogen and oxygen atoms in total. The minimum absolute atomic E-state index is 0.0338. The van der Waals surface area contributed by atoms with Gasteiger partial charge in [0.25, 0.3) is 0 Å². The van der Waals surface area contributed by atoms with Gasteiger partial charge in [0.15, 0.2) is 5.43 Å². The van der Waals surface area contributed by atoms with Gasteiger partial charge >= 0.3 is 0 Å². The van der Waals surface area contributed by atoms with E-state index < -0.39 is 0 Å². The molecular formula is C15H15ClN4OS. The van der Waals surface area contributed by atoms with E-state index >= 15 is 0 Å². The van der Waals surface area contributed by atoms with Crippen molar-refractivity contribution in [3.63, 3.8) is 0 Å². The van der Waals surface area contributed by atoms with Crippen molar-refractivity contribution in [3.8, 4) is 0 Å². The Labute approximate surface area is 136 Å². The highest BCUT2D eigenvalue weighted by Crippen LogP contribution is 2.20. The Morgan fingerprint density at radius 3 is 3.00 bits per heavy atom. The highest BCUT2D eigenvalue weighted by molar-refractivity contribution is 7.98. The fourth-order valence-electron chi connectivity index (χ4n) is 2.19. The summed E-state index contributed by atoms with van der Waals surface area (Å²) in [6.07, 6.45) is 1.92. The zero-order chi connectivity index (χ0) is 15.5. The highest BCUT2D eigenvalue weighted by Gasteiger charge is 2.07. The van der Waals surface area contributed by atoms with Crippen LogP contribution < -0.4 is 5.43 Å². The molecule has 2 N–H and O–H groups in total. The first-order valence-corrected chi connectivity index (χ1v) is 8.37. The molecule has 7 heteroatoms. The molecule has 1 aromatic carbocycles. The van der Waals surface area contributed by atoms with Crippen LogP contribution in [0.2, 0.25) is 5.02 Å². The summed E-state index contributed by atoms with van der Waals surface area (Å²) in [5.41, 5.74) is 1.59. The van der Waals surface area contributed by atoms with E-state index in [4.69, 9.17) is 11.6 Å². The van der Waals surface area contributed by atoms with Crippen molar-refractivity contribution in [2.45, 2.75) is 30.7 Å². The highest BCUT2D eigenvalue weighted by atomic mass is 35.5. The second kappa shape index (κ2) is 6.54. The third kappa shape index (κ3) is 3.34. The molecule has 114 valence electrons. The summed E-state index contributed by atoms with van der Waals surface area (Å²) in [5, 5.41) is 8.94. The Balaban J connectivity index is 1.78. The van der Waals surface area contributed by atoms with Crippen LogP contribution in [-0.2, 0) is 12.2 Å². The summed E-state index contributed by atoms with van der Waals surface area (Å²) in [6.45, 7) is 2.10. The summed E-state index contributed by atoms with van der Waals surface area (Å²) in [6, 6.07) is 6.87. The van der Waals surface area contributed by atoms with E-state index in [9.17, 15) is 4.79 Å². The lowest BCUT2D eigenvalue weighted by Gasteiger charge is -2.03. The van der Waals surface area contributed by atoms with E-state index in [1.54, 1.807) is 18.2 Å². The minimum Gasteiger partial charge on any atom is -0.357 e. The fourth-order valence-corrected chi connectivity index (χ4v) is 3.08. The van der Waals surface area contributed by atoms with Gasteiger partial charge in [-0.3, -0.25) is 9.89 Å². The van der Waals surface area contributed by atoms with Crippen LogP contribution >= 0.6 is 23.4 Å². The van der Waals surface area contributed by atoms with Crippen LogP contribution in [0.4, 0.5) is 0 Å². The van der Waals surface area contributed by atoms with Crippen LogP contribution in [0.15, 0.2) is 34.2 Å². The number of nitrogens with zero attached hydrogens (tertiary/aromatic N) is 2. The summed E-state index contributed by atoms with van der Waals surface area (Å²) >= 11 is 7.41. The summed E-state index contributed by atoms with van der Waals surface area (Å²) in [5.74, 6) is 1.50. The maximum absolute atomic E-state index is 12.1. The zero-order valence-electron chi connectivity index (χ0n) is 12.0. The molecule has 0 fully saturated rings. The Hall–Kier alpha value is -1.79. The number of H-pyrrole nitrogens is 2. The molecule has 0 radical (unpaired) electrons. The molecule has 3 rings (SSSR count). The van der Waals surface area contributed by atoms with E-state index in [-0.39, 0.29) is 5.43 Å². The van der Waals surface area contributed by atoms with Gasteiger partial charge in [-0.15, -0.1) is 5.10 Å². The molecule has 0 aliphatic rings. The van der Waals surface area contributed by atoms with E-state index in [1.807, 2.05) is 6.07 Å². The van der Waals surface area contributed by atoms with Crippen molar-refractivity contribution in [2.75, 3.05) is 0 Å². The van der Waals surface area contributed by atoms with E-state index in [0.717, 1.165) is 29.9 Å². The molecule has 2 aromatic heterocycles. The Kier molecular flexibility index (Phi) is 4.49. The topological polar surface area (TPSA) is 74.4 Å². The molecule has 0 aliphatic carbocycles. The predicted molar refractivity (Wildman–Crippen MR) is 89.5 cm³/mol. The first kappa shape index (κ1) is 15.1. The standard InChI is InChI=1S/C15H15ClN4OS/c1-2-3-14-18-15(20-19-14)22-8-10-7-13(21)11-6-9(16)4-5-12(11)17-10/h4-7H,2-3,8H2,1H3,(H,17,21)(H,18,19,20). The van der Waals surface area contributed by atoms with Gasteiger partial charge < -0.3 is 4.98 Å². The predicted octanol–water partition coefficient (Wildman–Crippen LogP) is 3.54. The number of fused-ring (bicyclic) bond motifs is 1. The molecule has 0 bridgehead atoms. The first-order valence-electron chi connectivity index (χ1n) is 7.01. The van der Waals surface area contributed by atoms with Crippen molar-refractivity contribution in [2.24, 2.45) is 0 Å². The Morgan fingerprint density at radius 2 is 2.18 bits per heavy atom. The van der Waals surface area contributed by atoms with Crippen LogP contribution in [0.5, 0.6) is 0 Å². The molecule has 0 spiro atoms. The number of hydrogen-bond donors (Lipinski definition) is 2. The number of nitrogens with one attached hydrogen (secondary N) is 2. The second-order valence-electron chi connectivity index (χ2n) is 4.95. The summed E-state index contributed by atoms with van der Waals surface area (Å²) in [4.78, 5) is 19.8. The quantitative estimate of drug-likeness (QED) is 0.700. The molecule has 0 saturated heterocycles. The Bertz CT molecular complexity index is 858. The van der Waals surface area contributed by atoms with Gasteiger partial charge in [-0.25, -0.2) is 4.98 Å². The van der Waals surface area contributed by atoms with Gasteiger partial charge in [0.2, 0.25) is 5.16 Å². The number of hydrogen-bond acceptors (Lipinski definition) is 4. The number of thioether (sulfide) groups is 1. The van der Waals surface area contributed by atoms with Crippen molar-refractivity contribution in [1.82, 2.24) is 20.2 Å². The number of rotatable bonds is 5. The third-order valence-corrected chi connectivity index (χ3v) is 4.33. The molecule has 22 heavy (non-hydrogen) atoms. The van der Waals surface area contributed by atoms with E-state index in [1.165, 1.54) is 11.8 Å². The largest absolute Gasteiger partial charge is 0.357 e. The van der Waals surface area contributed by atoms with E-state index in [0.29, 0.717) is 21.3 Å². The maximum atomic E-state index is 12.1. The number of halogens is 1. The van der Waals surface area contributed by atoms with Crippen molar-refractivity contribution in [1.29, 1.82) is 0 Å². The summed E-state index contributed by atoms with van der Waals surface area (Å²) < 4.78 is 0. The number of pyridine rings is 1. The van der Waals surface area contributed by atoms with Gasteiger partial charge in [0.1, 0.15) is 5.82 Å². The molecule has 0 aliphatic heterocycles. The number of benzene rings is 1. The van der Waals surface area contributed by atoms with Gasteiger partial charge in [-0.2, -0.15) is 0 Å². The third-order valence-electron chi connectivity index (χ3n) is 3.20. The van der Waals surface area contributed by atoms with Crippen LogP contribution in [-0.4, -0.2) is 20.2 Å². The van der Waals surface area contributed by atoms with E-state index in [2.05, 4.69) is 27.1 Å². The minimum atomic E-state index is -0.0338. The monoisotopic (exact) mass is 334 g/mol. The smallest absolute Gasteiger partial charge is 0.208 e. The molecule has 3 aromatic rings. The fraction of sp³-hybridized carbons (Fsp3) is 0.267. The van der Waals surface area contributed by atoms with Crippen LogP contribution in [0.25, 0.3) is 10.9 Å². The molecule has 0 unspecified atom stereocenters. The molecule has 2 heterocycles. The maximum Gasteiger partial charge on any atom is 0.208 e. The van der Waals surface area contributed by atoms with Crippen molar-refractivity contribution < 1.29 is 0 Å². The van der Waals surface area contributed by atoms with Crippen molar-refractivity contribution >= 4 is 34.3 Å². The van der Waals surface area contributed by atoms with Gasteiger partial charge in [0.05, 0.1) is 0 Å². The number of aromatic amines is 2. The average molecular weight is 335 g/mol. The number of aryl methyl sites for hydroxylation is 1. The first-order chi connectivity index (χ1) is 10.7. The van der Waals surface area contributed by atoms with Crippen molar-refractivity contribution in [3.05, 3.63) is 51.0 Å². The van der Waals surface area contributed by atoms with Gasteiger partial charge in [-0.05, 0) is 24.6 Å². The molecule has 0 amide bonds. The lowest BCUT2D eigenvalue weighted by Crippen LogP contribution is -2.04. The average Bonchev–Trinajstić information content (AvgIpc) is 2.94. The van der Waals surface area contributed by atoms with Crippen LogP contribution in [0.1, 0.15) is 24.9 Å². The summed E-state index contributed by atoms with van der Waals surface area (Å²) in [7, 11) is 0. The Morgan fingerprint density at radius 1 is 1.32 bits per heavy atom. The lowest BCUT2D eigenvalue weighted by molar-refractivity contribution is 0.840. The second-order valence-corrected chi connectivity index (χ2v) is 6.33. The van der Waals surface area contributed by atoms with Gasteiger partial charge in [-0.1, -0.05) is 30.3 Å². The van der Waals surface area contributed by atoms with Crippen LogP contribution in [0, 0.1) is 0 Å². The SMILES string of the molecule is CCCc1nc(SCc2cc(=O)c3cc(Cl)ccc3[nH]2)n[nH]1. The molecule has 0 saturated carbocycles. The van der Waals surface area contributed by atoms with Gasteiger partial charge in [0, 0.05) is 39.9 Å². The number of aromatic nitrogens is 4. The molecule has 0 atom stereocenters. The molecular weight excluding hydrogens is 320 g/mol. The normalized spacial score (nSPS) is 11.2. The van der Waals surface area contributed by atoms with Crippen LogP contribution in [0.3, 0.4) is 0 Å². The lowest BCUT2D eigenvalue weighted by atomic mass is 10.2.